The molecule has 0 spiro atoms. The lowest BCUT2D eigenvalue weighted by molar-refractivity contribution is -0.115. The van der Waals surface area contributed by atoms with Crippen molar-refractivity contribution >= 4 is 17.5 Å². The zero-order chi connectivity index (χ0) is 19.1. The van der Waals surface area contributed by atoms with E-state index in [1.165, 1.54) is 12.1 Å². The second kappa shape index (κ2) is 8.75. The van der Waals surface area contributed by atoms with Crippen molar-refractivity contribution in [3.05, 3.63) is 77.6 Å². The van der Waals surface area contributed by atoms with E-state index in [1.54, 1.807) is 31.4 Å². The summed E-state index contributed by atoms with van der Waals surface area (Å²) in [7, 11) is 1.62. The number of nitrogens with one attached hydrogen (secondary N) is 2. The normalized spacial score (nSPS) is 10.3. The molecule has 27 heavy (non-hydrogen) atoms. The van der Waals surface area contributed by atoms with Gasteiger partial charge in [-0.15, -0.1) is 10.2 Å². The number of amides is 1. The first kappa shape index (κ1) is 18.3. The minimum atomic E-state index is -0.370. The fourth-order valence-corrected chi connectivity index (χ4v) is 2.55. The highest BCUT2D eigenvalue weighted by molar-refractivity contribution is 5.91. The highest BCUT2D eigenvalue weighted by Crippen LogP contribution is 2.18. The molecule has 1 amide bonds. The van der Waals surface area contributed by atoms with Crippen LogP contribution < -0.4 is 15.4 Å². The first-order valence-electron chi connectivity index (χ1n) is 8.38. The van der Waals surface area contributed by atoms with Crippen LogP contribution in [0.15, 0.2) is 60.7 Å². The van der Waals surface area contributed by atoms with E-state index in [0.717, 1.165) is 11.3 Å². The Balaban J connectivity index is 1.54. The van der Waals surface area contributed by atoms with Crippen molar-refractivity contribution in [2.24, 2.45) is 0 Å². The summed E-state index contributed by atoms with van der Waals surface area (Å²) >= 11 is 0. The molecule has 138 valence electrons. The van der Waals surface area contributed by atoms with Gasteiger partial charge in [0.05, 0.1) is 13.5 Å². The van der Waals surface area contributed by atoms with Gasteiger partial charge in [-0.05, 0) is 35.9 Å². The molecule has 0 unspecified atom stereocenters. The number of rotatable bonds is 7. The van der Waals surface area contributed by atoms with Crippen molar-refractivity contribution in [2.45, 2.75) is 13.0 Å². The monoisotopic (exact) mass is 366 g/mol. The van der Waals surface area contributed by atoms with Crippen molar-refractivity contribution in [1.29, 1.82) is 0 Å². The summed E-state index contributed by atoms with van der Waals surface area (Å²) in [5.74, 6) is 1.04. The van der Waals surface area contributed by atoms with Gasteiger partial charge >= 0.3 is 0 Å². The van der Waals surface area contributed by atoms with Crippen LogP contribution in [0.2, 0.25) is 0 Å². The summed E-state index contributed by atoms with van der Waals surface area (Å²) < 4.78 is 18.5. The number of para-hydroxylation sites is 1. The number of carbonyl (C=O) groups excluding carboxylic acids is 1. The van der Waals surface area contributed by atoms with E-state index < -0.39 is 0 Å². The van der Waals surface area contributed by atoms with Gasteiger partial charge in [0.2, 0.25) is 5.91 Å². The van der Waals surface area contributed by atoms with Gasteiger partial charge in [-0.1, -0.05) is 30.3 Å². The van der Waals surface area contributed by atoms with Crippen molar-refractivity contribution in [2.75, 3.05) is 17.7 Å². The number of halogens is 1. The summed E-state index contributed by atoms with van der Waals surface area (Å²) in [4.78, 5) is 12.0. The number of aromatic nitrogens is 2. The molecule has 3 aromatic rings. The number of benzene rings is 2. The van der Waals surface area contributed by atoms with Gasteiger partial charge in [0, 0.05) is 12.1 Å². The molecular formula is C20H19FN4O2. The Hall–Kier alpha value is -3.48. The van der Waals surface area contributed by atoms with Crippen LogP contribution in [0, 0.1) is 5.82 Å². The van der Waals surface area contributed by atoms with Crippen LogP contribution in [0.5, 0.6) is 5.75 Å². The standard InChI is InChI=1S/C20H19FN4O2/c1-27-17-8-3-2-6-15(17)13-22-18-9-10-19(25-24-18)23-20(26)12-14-5-4-7-16(21)11-14/h2-11H,12-13H2,1H3,(H,22,24)(H,23,25,26). The molecule has 0 aliphatic carbocycles. The molecule has 6 nitrogen and oxygen atoms in total. The molecule has 0 saturated carbocycles. The molecule has 0 bridgehead atoms. The van der Waals surface area contributed by atoms with Crippen LogP contribution in [0.3, 0.4) is 0 Å². The van der Waals surface area contributed by atoms with Crippen LogP contribution in [-0.2, 0) is 17.8 Å². The summed E-state index contributed by atoms with van der Waals surface area (Å²) in [6.07, 6.45) is 0.0627. The third-order valence-electron chi connectivity index (χ3n) is 3.84. The lowest BCUT2D eigenvalue weighted by atomic mass is 10.1. The third-order valence-corrected chi connectivity index (χ3v) is 3.84. The van der Waals surface area contributed by atoms with Gasteiger partial charge < -0.3 is 15.4 Å². The maximum atomic E-state index is 13.2. The van der Waals surface area contributed by atoms with Crippen molar-refractivity contribution in [3.63, 3.8) is 0 Å². The number of hydrogen-bond acceptors (Lipinski definition) is 5. The van der Waals surface area contributed by atoms with Crippen LogP contribution in [0.4, 0.5) is 16.0 Å². The van der Waals surface area contributed by atoms with Gasteiger partial charge in [-0.3, -0.25) is 4.79 Å². The number of nitrogens with zero attached hydrogens (tertiary/aromatic N) is 2. The third kappa shape index (κ3) is 5.24. The molecule has 1 heterocycles. The molecule has 7 heteroatoms. The van der Waals surface area contributed by atoms with Gasteiger partial charge in [-0.2, -0.15) is 0 Å². The van der Waals surface area contributed by atoms with E-state index in [4.69, 9.17) is 4.74 Å². The SMILES string of the molecule is COc1ccccc1CNc1ccc(NC(=O)Cc2cccc(F)c2)nn1. The van der Waals surface area contributed by atoms with Crippen LogP contribution in [0.1, 0.15) is 11.1 Å². The highest BCUT2D eigenvalue weighted by atomic mass is 19.1. The van der Waals surface area contributed by atoms with Crippen molar-refractivity contribution < 1.29 is 13.9 Å². The largest absolute Gasteiger partial charge is 0.496 e. The van der Waals surface area contributed by atoms with E-state index >= 15 is 0 Å². The smallest absolute Gasteiger partial charge is 0.229 e. The first-order chi connectivity index (χ1) is 13.1. The summed E-state index contributed by atoms with van der Waals surface area (Å²) in [5.41, 5.74) is 1.59. The maximum absolute atomic E-state index is 13.2. The minimum absolute atomic E-state index is 0.0627. The molecule has 2 N–H and O–H groups in total. The van der Waals surface area contributed by atoms with E-state index in [2.05, 4.69) is 20.8 Å². The molecule has 2 aromatic carbocycles. The van der Waals surface area contributed by atoms with E-state index in [-0.39, 0.29) is 18.1 Å². The number of anilines is 2. The first-order valence-corrected chi connectivity index (χ1v) is 8.38. The molecule has 0 aliphatic heterocycles. The Morgan fingerprint density at radius 1 is 1.04 bits per heavy atom. The Bertz CT molecular complexity index is 916. The van der Waals surface area contributed by atoms with Crippen LogP contribution >= 0.6 is 0 Å². The Kier molecular flexibility index (Phi) is 5.94. The number of ether oxygens (including phenoxy) is 1. The number of hydrogen-bond donors (Lipinski definition) is 2. The lowest BCUT2D eigenvalue weighted by Crippen LogP contribution is -2.16. The minimum Gasteiger partial charge on any atom is -0.496 e. The van der Waals surface area contributed by atoms with Gasteiger partial charge in [0.25, 0.3) is 0 Å². The molecular weight excluding hydrogens is 347 g/mol. The average molecular weight is 366 g/mol. The van der Waals surface area contributed by atoms with Gasteiger partial charge in [0.15, 0.2) is 5.82 Å². The average Bonchev–Trinajstić information content (AvgIpc) is 2.67. The predicted octanol–water partition coefficient (Wildman–Crippen LogP) is 3.42. The van der Waals surface area contributed by atoms with Crippen LogP contribution in [0.25, 0.3) is 0 Å². The second-order valence-electron chi connectivity index (χ2n) is 5.82. The summed E-state index contributed by atoms with van der Waals surface area (Å²) in [6, 6.07) is 17.0. The Morgan fingerprint density at radius 3 is 2.56 bits per heavy atom. The van der Waals surface area contributed by atoms with Crippen LogP contribution in [-0.4, -0.2) is 23.2 Å². The quantitative estimate of drug-likeness (QED) is 0.670. The number of carbonyl (C=O) groups is 1. The van der Waals surface area contributed by atoms with Gasteiger partial charge in [0.1, 0.15) is 17.4 Å². The summed E-state index contributed by atoms with van der Waals surface area (Å²) in [5, 5.41) is 13.8. The summed E-state index contributed by atoms with van der Waals surface area (Å²) in [6.45, 7) is 0.532. The molecule has 0 aliphatic rings. The van der Waals surface area contributed by atoms with E-state index in [1.807, 2.05) is 24.3 Å². The molecule has 0 saturated heterocycles. The number of methoxy groups -OCH3 is 1. The zero-order valence-corrected chi connectivity index (χ0v) is 14.8. The Morgan fingerprint density at radius 2 is 1.81 bits per heavy atom. The fourth-order valence-electron chi connectivity index (χ4n) is 2.55. The maximum Gasteiger partial charge on any atom is 0.229 e. The molecule has 3 rings (SSSR count). The molecule has 0 fully saturated rings. The zero-order valence-electron chi connectivity index (χ0n) is 14.8. The second-order valence-corrected chi connectivity index (χ2v) is 5.82. The van der Waals surface area contributed by atoms with E-state index in [0.29, 0.717) is 23.7 Å². The molecule has 1 aromatic heterocycles. The highest BCUT2D eigenvalue weighted by Gasteiger charge is 2.07. The van der Waals surface area contributed by atoms with Crippen molar-refractivity contribution in [1.82, 2.24) is 10.2 Å². The fraction of sp³-hybridized carbons (Fsp3) is 0.150. The lowest BCUT2D eigenvalue weighted by Gasteiger charge is -2.10. The van der Waals surface area contributed by atoms with E-state index in [9.17, 15) is 9.18 Å². The molecule has 0 radical (unpaired) electrons. The van der Waals surface area contributed by atoms with Crippen molar-refractivity contribution in [3.8, 4) is 5.75 Å². The molecule has 0 atom stereocenters. The predicted molar refractivity (Wildman–Crippen MR) is 101 cm³/mol. The topological polar surface area (TPSA) is 76.1 Å². The van der Waals surface area contributed by atoms with Gasteiger partial charge in [-0.25, -0.2) is 4.39 Å². The Labute approximate surface area is 156 Å².